The van der Waals surface area contributed by atoms with E-state index in [9.17, 15) is 10.1 Å². The molecule has 1 N–H and O–H groups in total. The van der Waals surface area contributed by atoms with Crippen LogP contribution in [-0.2, 0) is 11.4 Å². The molecule has 0 fully saturated rings. The van der Waals surface area contributed by atoms with E-state index < -0.39 is 5.91 Å². The smallest absolute Gasteiger partial charge is 0.266 e. The van der Waals surface area contributed by atoms with Crippen LogP contribution in [0.5, 0.6) is 11.5 Å². The number of hydrogen-bond donors (Lipinski definition) is 1. The molecule has 0 aliphatic heterocycles. The van der Waals surface area contributed by atoms with Crippen molar-refractivity contribution in [2.24, 2.45) is 0 Å². The van der Waals surface area contributed by atoms with E-state index in [-0.39, 0.29) is 5.57 Å². The summed E-state index contributed by atoms with van der Waals surface area (Å²) in [6.07, 6.45) is 1.52. The van der Waals surface area contributed by atoms with E-state index in [1.54, 1.807) is 31.4 Å². The van der Waals surface area contributed by atoms with Gasteiger partial charge in [0.25, 0.3) is 5.91 Å². The van der Waals surface area contributed by atoms with Crippen molar-refractivity contribution in [3.8, 4) is 17.6 Å². The number of benzene rings is 4. The van der Waals surface area contributed by atoms with Crippen molar-refractivity contribution in [1.82, 2.24) is 0 Å². The second-order valence-corrected chi connectivity index (χ2v) is 9.62. The van der Waals surface area contributed by atoms with Crippen LogP contribution in [0.1, 0.15) is 16.7 Å². The topological polar surface area (TPSA) is 71.3 Å². The molecule has 4 aromatic rings. The summed E-state index contributed by atoms with van der Waals surface area (Å²) in [6, 6.07) is 25.0. The Morgan fingerprint density at radius 2 is 1.89 bits per heavy atom. The van der Waals surface area contributed by atoms with Gasteiger partial charge >= 0.3 is 0 Å². The number of methoxy groups -OCH3 is 1. The van der Waals surface area contributed by atoms with E-state index in [1.807, 2.05) is 43.3 Å². The standard InChI is InChI=1S/C29H22ClIN2O3/c1-18-10-11-23(15-25(18)30)33-29(34)22(16-32)12-19-13-26(31)28(27(14-19)35-2)36-17-21-8-5-7-20-6-3-4-9-24(20)21/h3-15H,17H2,1-2H3,(H,33,34)/b22-12-. The number of aryl methyl sites for hydroxylation is 1. The van der Waals surface area contributed by atoms with Crippen LogP contribution in [0.4, 0.5) is 5.69 Å². The van der Waals surface area contributed by atoms with E-state index in [4.69, 9.17) is 21.1 Å². The lowest BCUT2D eigenvalue weighted by atomic mass is 10.1. The molecular weight excluding hydrogens is 587 g/mol. The van der Waals surface area contributed by atoms with Crippen LogP contribution in [0.3, 0.4) is 0 Å². The van der Waals surface area contributed by atoms with Gasteiger partial charge in [0.05, 0.1) is 10.7 Å². The highest BCUT2D eigenvalue weighted by Gasteiger charge is 2.15. The molecule has 0 atom stereocenters. The average Bonchev–Trinajstić information content (AvgIpc) is 2.88. The predicted molar refractivity (Wildman–Crippen MR) is 152 cm³/mol. The third kappa shape index (κ3) is 5.81. The van der Waals surface area contributed by atoms with Crippen LogP contribution < -0.4 is 14.8 Å². The number of fused-ring (bicyclic) bond motifs is 1. The Balaban J connectivity index is 1.56. The maximum atomic E-state index is 12.7. The van der Waals surface area contributed by atoms with Gasteiger partial charge in [0.15, 0.2) is 11.5 Å². The highest BCUT2D eigenvalue weighted by molar-refractivity contribution is 14.1. The number of hydrogen-bond acceptors (Lipinski definition) is 4. The normalized spacial score (nSPS) is 11.1. The Labute approximate surface area is 228 Å². The zero-order chi connectivity index (χ0) is 25.7. The number of carbonyl (C=O) groups is 1. The minimum atomic E-state index is -0.525. The highest BCUT2D eigenvalue weighted by Crippen LogP contribution is 2.35. The van der Waals surface area contributed by atoms with Gasteiger partial charge in [0.1, 0.15) is 18.2 Å². The first-order valence-corrected chi connectivity index (χ1v) is 12.5. The molecule has 4 rings (SSSR count). The predicted octanol–water partition coefficient (Wildman–Crippen LogP) is 7.54. The SMILES string of the molecule is COc1cc(/C=C(/C#N)C(=O)Nc2ccc(C)c(Cl)c2)cc(I)c1OCc1cccc2ccccc12. The van der Waals surface area contributed by atoms with Crippen molar-refractivity contribution in [3.05, 3.63) is 104 Å². The number of nitriles is 1. The minimum absolute atomic E-state index is 0.0472. The van der Waals surface area contributed by atoms with Crippen molar-refractivity contribution in [3.63, 3.8) is 0 Å². The van der Waals surface area contributed by atoms with Gasteiger partial charge in [-0.2, -0.15) is 5.26 Å². The fourth-order valence-electron chi connectivity index (χ4n) is 3.72. The number of rotatable bonds is 7. The second kappa shape index (κ2) is 11.5. The maximum Gasteiger partial charge on any atom is 0.266 e. The Kier molecular flexibility index (Phi) is 8.14. The van der Waals surface area contributed by atoms with Crippen molar-refractivity contribution in [2.45, 2.75) is 13.5 Å². The van der Waals surface area contributed by atoms with Crippen LogP contribution in [-0.4, -0.2) is 13.0 Å². The number of ether oxygens (including phenoxy) is 2. The third-order valence-corrected chi connectivity index (χ3v) is 6.82. The molecule has 0 aliphatic carbocycles. The van der Waals surface area contributed by atoms with Gasteiger partial charge in [-0.3, -0.25) is 4.79 Å². The van der Waals surface area contributed by atoms with Crippen molar-refractivity contribution in [2.75, 3.05) is 12.4 Å². The van der Waals surface area contributed by atoms with Gasteiger partial charge in [-0.25, -0.2) is 0 Å². The van der Waals surface area contributed by atoms with Crippen LogP contribution in [0.2, 0.25) is 5.02 Å². The molecule has 4 aromatic carbocycles. The van der Waals surface area contributed by atoms with Crippen molar-refractivity contribution >= 4 is 62.6 Å². The first-order valence-electron chi connectivity index (χ1n) is 11.1. The molecule has 180 valence electrons. The number of nitrogens with one attached hydrogen (secondary N) is 1. The van der Waals surface area contributed by atoms with E-state index >= 15 is 0 Å². The zero-order valence-electron chi connectivity index (χ0n) is 19.6. The summed E-state index contributed by atoms with van der Waals surface area (Å²) in [5.41, 5.74) is 3.07. The second-order valence-electron chi connectivity index (χ2n) is 8.05. The van der Waals surface area contributed by atoms with Gasteiger partial charge in [-0.1, -0.05) is 60.1 Å². The highest BCUT2D eigenvalue weighted by atomic mass is 127. The number of nitrogens with zero attached hydrogens (tertiary/aromatic N) is 1. The minimum Gasteiger partial charge on any atom is -0.493 e. The number of halogens is 2. The Morgan fingerprint density at radius 1 is 1.11 bits per heavy atom. The lowest BCUT2D eigenvalue weighted by Crippen LogP contribution is -2.13. The lowest BCUT2D eigenvalue weighted by molar-refractivity contribution is -0.112. The average molecular weight is 609 g/mol. The monoisotopic (exact) mass is 608 g/mol. The summed E-state index contributed by atoms with van der Waals surface area (Å²) >= 11 is 8.31. The largest absolute Gasteiger partial charge is 0.493 e. The summed E-state index contributed by atoms with van der Waals surface area (Å²) in [4.78, 5) is 12.7. The third-order valence-electron chi connectivity index (χ3n) is 5.61. The molecule has 1 amide bonds. The molecule has 0 radical (unpaired) electrons. The van der Waals surface area contributed by atoms with Gasteiger partial charge in [-0.15, -0.1) is 0 Å². The fourth-order valence-corrected chi connectivity index (χ4v) is 4.68. The van der Waals surface area contributed by atoms with Crippen molar-refractivity contribution < 1.29 is 14.3 Å². The molecular formula is C29H22ClIN2O3. The fraction of sp³-hybridized carbons (Fsp3) is 0.103. The van der Waals surface area contributed by atoms with Crippen LogP contribution in [0.25, 0.3) is 16.8 Å². The van der Waals surface area contributed by atoms with E-state index in [2.05, 4.69) is 46.1 Å². The van der Waals surface area contributed by atoms with Gasteiger partial charge in [0, 0.05) is 10.7 Å². The molecule has 7 heteroatoms. The van der Waals surface area contributed by atoms with Gasteiger partial charge < -0.3 is 14.8 Å². The van der Waals surface area contributed by atoms with Gasteiger partial charge in [-0.05, 0) is 87.3 Å². The summed E-state index contributed by atoms with van der Waals surface area (Å²) < 4.78 is 12.6. The Morgan fingerprint density at radius 3 is 2.64 bits per heavy atom. The summed E-state index contributed by atoms with van der Waals surface area (Å²) in [6.45, 7) is 2.24. The summed E-state index contributed by atoms with van der Waals surface area (Å²) in [5.74, 6) is 0.583. The molecule has 0 spiro atoms. The molecule has 0 saturated carbocycles. The lowest BCUT2D eigenvalue weighted by Gasteiger charge is -2.15. The maximum absolute atomic E-state index is 12.7. The van der Waals surface area contributed by atoms with E-state index in [0.29, 0.717) is 34.4 Å². The summed E-state index contributed by atoms with van der Waals surface area (Å²) in [7, 11) is 1.56. The molecule has 0 saturated heterocycles. The van der Waals surface area contributed by atoms with Crippen LogP contribution in [0, 0.1) is 21.8 Å². The van der Waals surface area contributed by atoms with E-state index in [1.165, 1.54) is 6.08 Å². The Hall–Kier alpha value is -3.54. The number of amides is 1. The summed E-state index contributed by atoms with van der Waals surface area (Å²) in [5, 5.41) is 15.2. The van der Waals surface area contributed by atoms with Crippen LogP contribution >= 0.6 is 34.2 Å². The molecule has 0 aromatic heterocycles. The first kappa shape index (κ1) is 25.5. The first-order chi connectivity index (χ1) is 17.4. The quantitative estimate of drug-likeness (QED) is 0.134. The van der Waals surface area contributed by atoms with E-state index in [0.717, 1.165) is 25.5 Å². The molecule has 5 nitrogen and oxygen atoms in total. The molecule has 0 unspecified atom stereocenters. The Bertz CT molecular complexity index is 1520. The zero-order valence-corrected chi connectivity index (χ0v) is 22.6. The van der Waals surface area contributed by atoms with Crippen molar-refractivity contribution in [1.29, 1.82) is 5.26 Å². The molecule has 0 heterocycles. The number of carbonyl (C=O) groups excluding carboxylic acids is 1. The molecule has 36 heavy (non-hydrogen) atoms. The molecule has 0 aliphatic rings. The van der Waals surface area contributed by atoms with Crippen LogP contribution in [0.15, 0.2) is 78.4 Å². The number of anilines is 1. The molecule has 0 bridgehead atoms. The van der Waals surface area contributed by atoms with Gasteiger partial charge in [0.2, 0.25) is 0 Å².